The van der Waals surface area contributed by atoms with Crippen molar-refractivity contribution < 1.29 is 23.9 Å². The van der Waals surface area contributed by atoms with E-state index in [1.807, 2.05) is 78.5 Å². The summed E-state index contributed by atoms with van der Waals surface area (Å²) < 4.78 is 12.9. The van der Waals surface area contributed by atoms with Crippen molar-refractivity contribution in [1.82, 2.24) is 15.5 Å². The van der Waals surface area contributed by atoms with Gasteiger partial charge in [0.25, 0.3) is 0 Å². The average molecular weight is 600 g/mol. The summed E-state index contributed by atoms with van der Waals surface area (Å²) in [4.78, 5) is 40.3. The van der Waals surface area contributed by atoms with Crippen LogP contribution in [0.4, 0.5) is 5.69 Å². The molecule has 0 saturated carbocycles. The highest BCUT2D eigenvalue weighted by Gasteiger charge is 2.58. The lowest BCUT2D eigenvalue weighted by Crippen LogP contribution is -2.49. The van der Waals surface area contributed by atoms with Crippen molar-refractivity contribution in [3.05, 3.63) is 83.1 Å². The standard InChI is InChI=1S/C30H32Cl2N4O5/c1-35(13-11-33-27(37)17-31)19-7-9-23-25(15-19)40-26-16-20(36(2)14-12-34-28(38)18-32)8-10-24(26)30(23)22-6-4-3-5-21(22)29(39)41-30/h3-10,15-16,23,25H,11-14,17-18H2,1-2H3,(H,33,37)(H,34,38)/t23-,25+,30-/m1/s1. The Morgan fingerprint density at radius 3 is 2.34 bits per heavy atom. The summed E-state index contributed by atoms with van der Waals surface area (Å²) in [5, 5.41) is 5.56. The van der Waals surface area contributed by atoms with E-state index in [9.17, 15) is 14.4 Å². The van der Waals surface area contributed by atoms with Crippen molar-refractivity contribution in [1.29, 1.82) is 0 Å². The quantitative estimate of drug-likeness (QED) is 0.320. The monoisotopic (exact) mass is 598 g/mol. The maximum absolute atomic E-state index is 13.2. The molecule has 216 valence electrons. The smallest absolute Gasteiger partial charge is 0.339 e. The van der Waals surface area contributed by atoms with E-state index in [4.69, 9.17) is 32.7 Å². The van der Waals surface area contributed by atoms with E-state index in [1.165, 1.54) is 0 Å². The molecule has 2 aromatic rings. The van der Waals surface area contributed by atoms with Gasteiger partial charge in [-0.3, -0.25) is 9.59 Å². The molecule has 0 radical (unpaired) electrons. The third-order valence-corrected chi connectivity index (χ3v) is 8.21. The summed E-state index contributed by atoms with van der Waals surface area (Å²) in [6.07, 6.45) is 5.66. The lowest BCUT2D eigenvalue weighted by molar-refractivity contribution is -0.119. The number of hydrogen-bond donors (Lipinski definition) is 2. The van der Waals surface area contributed by atoms with Gasteiger partial charge >= 0.3 is 5.97 Å². The highest BCUT2D eigenvalue weighted by atomic mass is 35.5. The molecule has 2 heterocycles. The van der Waals surface area contributed by atoms with Crippen molar-refractivity contribution in [2.24, 2.45) is 5.92 Å². The first kappa shape index (κ1) is 28.8. The molecule has 0 saturated heterocycles. The van der Waals surface area contributed by atoms with Gasteiger partial charge < -0.3 is 29.9 Å². The molecular formula is C30H32Cl2N4O5. The number of likely N-dealkylation sites (N-methyl/N-ethyl adjacent to an activating group) is 2. The van der Waals surface area contributed by atoms with Crippen LogP contribution in [0.3, 0.4) is 0 Å². The van der Waals surface area contributed by atoms with Crippen LogP contribution in [-0.2, 0) is 19.9 Å². The van der Waals surface area contributed by atoms with Crippen LogP contribution in [0.5, 0.6) is 5.75 Å². The molecular weight excluding hydrogens is 567 g/mol. The summed E-state index contributed by atoms with van der Waals surface area (Å²) in [6.45, 7) is 2.02. The summed E-state index contributed by atoms with van der Waals surface area (Å²) in [6, 6.07) is 13.4. The number of esters is 1. The van der Waals surface area contributed by atoms with Crippen LogP contribution in [-0.4, -0.2) is 80.8 Å². The lowest BCUT2D eigenvalue weighted by Gasteiger charge is -2.45. The Balaban J connectivity index is 1.48. The van der Waals surface area contributed by atoms with Gasteiger partial charge in [-0.2, -0.15) is 0 Å². The molecule has 11 heteroatoms. The van der Waals surface area contributed by atoms with E-state index in [0.717, 1.165) is 22.5 Å². The SMILES string of the molecule is CN(CCNC(=O)CCl)C1=C[C@@H]2Oc3cc(N(C)CCNC(=O)CCl)ccc3[C@]3(OC(=O)c4ccccc43)[C@@H]2C=C1. The minimum Gasteiger partial charge on any atom is -0.485 e. The fourth-order valence-corrected chi connectivity index (χ4v) is 5.80. The highest BCUT2D eigenvalue weighted by molar-refractivity contribution is 6.27. The Morgan fingerprint density at radius 1 is 0.951 bits per heavy atom. The zero-order valence-electron chi connectivity index (χ0n) is 22.9. The molecule has 1 spiro atoms. The fourth-order valence-electron chi connectivity index (χ4n) is 5.61. The van der Waals surface area contributed by atoms with Gasteiger partial charge in [0.1, 0.15) is 23.6 Å². The van der Waals surface area contributed by atoms with Crippen molar-refractivity contribution in [2.45, 2.75) is 11.7 Å². The number of anilines is 1. The Kier molecular flexibility index (Phi) is 8.47. The minimum atomic E-state index is -1.05. The third kappa shape index (κ3) is 5.48. The van der Waals surface area contributed by atoms with Gasteiger partial charge in [0.15, 0.2) is 5.60 Å². The van der Waals surface area contributed by atoms with E-state index >= 15 is 0 Å². The van der Waals surface area contributed by atoms with Gasteiger partial charge in [0.05, 0.1) is 11.5 Å². The Morgan fingerprint density at radius 2 is 1.63 bits per heavy atom. The Hall–Kier alpha value is -3.69. The number of carbonyl (C=O) groups excluding carboxylic acids is 3. The van der Waals surface area contributed by atoms with Gasteiger partial charge in [-0.25, -0.2) is 4.79 Å². The number of carbonyl (C=O) groups is 3. The van der Waals surface area contributed by atoms with Crippen LogP contribution in [0.15, 0.2) is 66.4 Å². The molecule has 9 nitrogen and oxygen atoms in total. The van der Waals surface area contributed by atoms with Gasteiger partial charge in [-0.1, -0.05) is 24.3 Å². The van der Waals surface area contributed by atoms with Crippen molar-refractivity contribution in [3.8, 4) is 5.75 Å². The van der Waals surface area contributed by atoms with Crippen LogP contribution >= 0.6 is 23.2 Å². The first-order chi connectivity index (χ1) is 19.8. The predicted octanol–water partition coefficient (Wildman–Crippen LogP) is 3.01. The first-order valence-corrected chi connectivity index (χ1v) is 14.5. The van der Waals surface area contributed by atoms with Crippen molar-refractivity contribution >= 4 is 46.7 Å². The number of alkyl halides is 2. The van der Waals surface area contributed by atoms with E-state index in [-0.39, 0.29) is 35.5 Å². The lowest BCUT2D eigenvalue weighted by atomic mass is 9.70. The molecule has 41 heavy (non-hydrogen) atoms. The van der Waals surface area contributed by atoms with Gasteiger partial charge in [0, 0.05) is 68.9 Å². The van der Waals surface area contributed by atoms with E-state index < -0.39 is 11.7 Å². The molecule has 3 atom stereocenters. The molecule has 2 aromatic carbocycles. The topological polar surface area (TPSA) is 100 Å². The highest BCUT2D eigenvalue weighted by Crippen LogP contribution is 2.56. The maximum atomic E-state index is 13.2. The Labute approximate surface area is 249 Å². The van der Waals surface area contributed by atoms with Crippen LogP contribution < -0.4 is 20.3 Å². The molecule has 0 unspecified atom stereocenters. The van der Waals surface area contributed by atoms with E-state index in [2.05, 4.69) is 10.6 Å². The number of hydrogen-bond acceptors (Lipinski definition) is 7. The number of rotatable bonds is 10. The number of nitrogens with one attached hydrogen (secondary N) is 2. The average Bonchev–Trinajstić information content (AvgIpc) is 3.28. The summed E-state index contributed by atoms with van der Waals surface area (Å²) in [7, 11) is 3.87. The van der Waals surface area contributed by atoms with Gasteiger partial charge in [0.2, 0.25) is 11.8 Å². The molecule has 2 amide bonds. The number of benzene rings is 2. The number of allylic oxidation sites excluding steroid dienone is 1. The summed E-state index contributed by atoms with van der Waals surface area (Å²) >= 11 is 11.2. The predicted molar refractivity (Wildman–Crippen MR) is 158 cm³/mol. The minimum absolute atomic E-state index is 0.0785. The largest absolute Gasteiger partial charge is 0.485 e. The molecule has 2 N–H and O–H groups in total. The molecule has 0 bridgehead atoms. The zero-order chi connectivity index (χ0) is 29.1. The molecule has 2 aliphatic heterocycles. The van der Waals surface area contributed by atoms with Crippen LogP contribution in [0, 0.1) is 5.92 Å². The Bertz CT molecular complexity index is 1410. The normalized spacial score (nSPS) is 21.6. The first-order valence-electron chi connectivity index (χ1n) is 13.4. The maximum Gasteiger partial charge on any atom is 0.339 e. The molecule has 1 aliphatic carbocycles. The van der Waals surface area contributed by atoms with Gasteiger partial charge in [-0.05, 0) is 30.4 Å². The molecule has 0 aromatic heterocycles. The summed E-state index contributed by atoms with van der Waals surface area (Å²) in [5.41, 5.74) is 2.90. The second-order valence-corrected chi connectivity index (χ2v) is 10.8. The number of fused-ring (bicyclic) bond motifs is 6. The molecule has 3 aliphatic rings. The number of ether oxygens (including phenoxy) is 2. The van der Waals surface area contributed by atoms with Gasteiger partial charge in [-0.15, -0.1) is 23.2 Å². The third-order valence-electron chi connectivity index (χ3n) is 7.72. The number of nitrogens with zero attached hydrogens (tertiary/aromatic N) is 2. The van der Waals surface area contributed by atoms with Crippen LogP contribution in [0.1, 0.15) is 21.5 Å². The molecule has 0 fully saturated rings. The fraction of sp³-hybridized carbons (Fsp3) is 0.367. The molecule has 5 rings (SSSR count). The number of halogens is 2. The zero-order valence-corrected chi connectivity index (χ0v) is 24.4. The van der Waals surface area contributed by atoms with Crippen molar-refractivity contribution in [2.75, 3.05) is 56.9 Å². The van der Waals surface area contributed by atoms with E-state index in [0.29, 0.717) is 37.5 Å². The second kappa shape index (κ2) is 12.0. The van der Waals surface area contributed by atoms with Crippen LogP contribution in [0.25, 0.3) is 0 Å². The second-order valence-electron chi connectivity index (χ2n) is 10.2. The van der Waals surface area contributed by atoms with Crippen molar-refractivity contribution in [3.63, 3.8) is 0 Å². The van der Waals surface area contributed by atoms with Crippen LogP contribution in [0.2, 0.25) is 0 Å². The van der Waals surface area contributed by atoms with E-state index in [1.54, 1.807) is 6.07 Å². The number of amides is 2. The summed E-state index contributed by atoms with van der Waals surface area (Å²) in [5.74, 6) is -0.640.